The van der Waals surface area contributed by atoms with E-state index in [4.69, 9.17) is 0 Å². The highest BCUT2D eigenvalue weighted by molar-refractivity contribution is 7.14. The van der Waals surface area contributed by atoms with Gasteiger partial charge in [0.15, 0.2) is 0 Å². The first-order valence-corrected chi connectivity index (χ1v) is 10.7. The smallest absolute Gasteiger partial charge is 0.268 e. The van der Waals surface area contributed by atoms with Gasteiger partial charge in [-0.05, 0) is 30.7 Å². The largest absolute Gasteiger partial charge is 0.325 e. The molecule has 0 aliphatic carbocycles. The average molecular weight is 428 g/mol. The van der Waals surface area contributed by atoms with Gasteiger partial charge in [-0.15, -0.1) is 11.3 Å². The highest BCUT2D eigenvalue weighted by Crippen LogP contribution is 2.29. The standard InChI is InChI=1S/C25H21N3O2S/c1-17-10-8-9-15-20(17)27-21(29)16-22-28-23(18-11-4-2-5-12-18)24(31-22)25(30)26-19-13-6-3-7-14-19/h2-15H,16H2,1H3,(H,26,30)(H,27,29). The van der Waals surface area contributed by atoms with E-state index in [2.05, 4.69) is 15.6 Å². The Kier molecular flexibility index (Phi) is 6.19. The van der Waals surface area contributed by atoms with E-state index in [0.29, 0.717) is 21.3 Å². The first-order chi connectivity index (χ1) is 15.1. The summed E-state index contributed by atoms with van der Waals surface area (Å²) in [7, 11) is 0. The van der Waals surface area contributed by atoms with Gasteiger partial charge in [-0.1, -0.05) is 66.7 Å². The normalized spacial score (nSPS) is 10.5. The molecule has 0 fully saturated rings. The third-order valence-corrected chi connectivity index (χ3v) is 5.74. The van der Waals surface area contributed by atoms with Crippen molar-refractivity contribution >= 4 is 34.5 Å². The number of aromatic nitrogens is 1. The predicted molar refractivity (Wildman–Crippen MR) is 125 cm³/mol. The molecule has 0 bridgehead atoms. The zero-order chi connectivity index (χ0) is 21.6. The number of amides is 2. The van der Waals surface area contributed by atoms with Crippen LogP contribution in [0.1, 0.15) is 20.2 Å². The van der Waals surface area contributed by atoms with Gasteiger partial charge in [0.2, 0.25) is 5.91 Å². The number of carbonyl (C=O) groups is 2. The fraction of sp³-hybridized carbons (Fsp3) is 0.0800. The number of rotatable bonds is 6. The number of thiazole rings is 1. The summed E-state index contributed by atoms with van der Waals surface area (Å²) in [5.74, 6) is -0.411. The van der Waals surface area contributed by atoms with Crippen molar-refractivity contribution in [3.05, 3.63) is 100 Å². The zero-order valence-corrected chi connectivity index (χ0v) is 17.8. The summed E-state index contributed by atoms with van der Waals surface area (Å²) < 4.78 is 0. The number of nitrogens with zero attached hydrogens (tertiary/aromatic N) is 1. The van der Waals surface area contributed by atoms with Crippen molar-refractivity contribution in [2.45, 2.75) is 13.3 Å². The van der Waals surface area contributed by atoms with Crippen molar-refractivity contribution in [1.29, 1.82) is 0 Å². The minimum absolute atomic E-state index is 0.0947. The van der Waals surface area contributed by atoms with Crippen molar-refractivity contribution < 1.29 is 9.59 Å². The van der Waals surface area contributed by atoms with Gasteiger partial charge in [-0.25, -0.2) is 4.98 Å². The van der Waals surface area contributed by atoms with Crippen LogP contribution in [0.15, 0.2) is 84.9 Å². The Balaban J connectivity index is 1.59. The maximum atomic E-state index is 13.0. The zero-order valence-electron chi connectivity index (χ0n) is 17.0. The van der Waals surface area contributed by atoms with Crippen LogP contribution in [-0.4, -0.2) is 16.8 Å². The molecule has 0 aliphatic rings. The lowest BCUT2D eigenvalue weighted by Gasteiger charge is -2.06. The molecule has 2 amide bonds. The molecule has 0 saturated heterocycles. The molecule has 31 heavy (non-hydrogen) atoms. The lowest BCUT2D eigenvalue weighted by molar-refractivity contribution is -0.115. The molecular weight excluding hydrogens is 406 g/mol. The SMILES string of the molecule is Cc1ccccc1NC(=O)Cc1nc(-c2ccccc2)c(C(=O)Nc2ccccc2)s1. The third-order valence-electron chi connectivity index (χ3n) is 4.69. The number of nitrogens with one attached hydrogen (secondary N) is 2. The van der Waals surface area contributed by atoms with E-state index >= 15 is 0 Å². The molecule has 4 aromatic rings. The first-order valence-electron chi connectivity index (χ1n) is 9.87. The van der Waals surface area contributed by atoms with Crippen LogP contribution in [0.4, 0.5) is 11.4 Å². The number of benzene rings is 3. The molecule has 154 valence electrons. The van der Waals surface area contributed by atoms with Crippen LogP contribution >= 0.6 is 11.3 Å². The summed E-state index contributed by atoms with van der Waals surface area (Å²) in [6.45, 7) is 1.94. The van der Waals surface area contributed by atoms with Crippen LogP contribution in [0.25, 0.3) is 11.3 Å². The molecule has 3 aromatic carbocycles. The van der Waals surface area contributed by atoms with Gasteiger partial charge in [-0.2, -0.15) is 0 Å². The molecule has 4 rings (SSSR count). The summed E-state index contributed by atoms with van der Waals surface area (Å²) in [4.78, 5) is 30.7. The van der Waals surface area contributed by atoms with E-state index in [1.807, 2.05) is 91.9 Å². The quantitative estimate of drug-likeness (QED) is 0.424. The van der Waals surface area contributed by atoms with E-state index < -0.39 is 0 Å². The summed E-state index contributed by atoms with van der Waals surface area (Å²) in [5, 5.41) is 6.42. The first kappa shape index (κ1) is 20.5. The average Bonchev–Trinajstić information content (AvgIpc) is 3.20. The molecule has 1 heterocycles. The summed E-state index contributed by atoms with van der Waals surface area (Å²) in [6, 6.07) is 26.4. The van der Waals surface area contributed by atoms with Crippen molar-refractivity contribution in [3.63, 3.8) is 0 Å². The minimum Gasteiger partial charge on any atom is -0.325 e. The van der Waals surface area contributed by atoms with Crippen LogP contribution in [0.5, 0.6) is 0 Å². The molecule has 5 nitrogen and oxygen atoms in total. The summed E-state index contributed by atoms with van der Waals surface area (Å²) >= 11 is 1.24. The monoisotopic (exact) mass is 427 g/mol. The third kappa shape index (κ3) is 5.05. The summed E-state index contributed by atoms with van der Waals surface area (Å²) in [6.07, 6.45) is 0.0947. The van der Waals surface area contributed by atoms with Crippen molar-refractivity contribution in [2.75, 3.05) is 10.6 Å². The fourth-order valence-electron chi connectivity index (χ4n) is 3.14. The van der Waals surface area contributed by atoms with Crippen LogP contribution in [0, 0.1) is 6.92 Å². The Morgan fingerprint density at radius 2 is 1.48 bits per heavy atom. The van der Waals surface area contributed by atoms with Gasteiger partial charge in [0.1, 0.15) is 9.88 Å². The van der Waals surface area contributed by atoms with Gasteiger partial charge in [0, 0.05) is 16.9 Å². The predicted octanol–water partition coefficient (Wildman–Crippen LogP) is 5.55. The Morgan fingerprint density at radius 3 is 2.19 bits per heavy atom. The van der Waals surface area contributed by atoms with Crippen LogP contribution in [0.3, 0.4) is 0 Å². The number of carbonyl (C=O) groups excluding carboxylic acids is 2. The van der Waals surface area contributed by atoms with Gasteiger partial charge in [-0.3, -0.25) is 9.59 Å². The lowest BCUT2D eigenvalue weighted by Crippen LogP contribution is -2.15. The highest BCUT2D eigenvalue weighted by atomic mass is 32.1. The second-order valence-electron chi connectivity index (χ2n) is 7.01. The number of aryl methyl sites for hydroxylation is 1. The molecule has 1 aromatic heterocycles. The van der Waals surface area contributed by atoms with E-state index in [1.54, 1.807) is 0 Å². The highest BCUT2D eigenvalue weighted by Gasteiger charge is 2.21. The molecular formula is C25H21N3O2S. The van der Waals surface area contributed by atoms with Gasteiger partial charge >= 0.3 is 0 Å². The lowest BCUT2D eigenvalue weighted by atomic mass is 10.1. The minimum atomic E-state index is -0.242. The van der Waals surface area contributed by atoms with Gasteiger partial charge in [0.05, 0.1) is 12.1 Å². The van der Waals surface area contributed by atoms with E-state index in [9.17, 15) is 9.59 Å². The molecule has 6 heteroatoms. The van der Waals surface area contributed by atoms with E-state index in [0.717, 1.165) is 16.8 Å². The Morgan fingerprint density at radius 1 is 0.839 bits per heavy atom. The number of anilines is 2. The summed E-state index contributed by atoms with van der Waals surface area (Å²) in [5.41, 5.74) is 3.89. The Labute approximate surface area is 184 Å². The van der Waals surface area contributed by atoms with Crippen molar-refractivity contribution in [3.8, 4) is 11.3 Å². The number of para-hydroxylation sites is 2. The molecule has 2 N–H and O–H groups in total. The van der Waals surface area contributed by atoms with E-state index in [-0.39, 0.29) is 18.2 Å². The van der Waals surface area contributed by atoms with Gasteiger partial charge < -0.3 is 10.6 Å². The second-order valence-corrected chi connectivity index (χ2v) is 8.10. The van der Waals surface area contributed by atoms with Crippen molar-refractivity contribution in [1.82, 2.24) is 4.98 Å². The molecule has 0 radical (unpaired) electrons. The maximum Gasteiger partial charge on any atom is 0.268 e. The fourth-order valence-corrected chi connectivity index (χ4v) is 4.12. The van der Waals surface area contributed by atoms with Crippen molar-refractivity contribution in [2.24, 2.45) is 0 Å². The Hall–Kier alpha value is -3.77. The maximum absolute atomic E-state index is 13.0. The number of hydrogen-bond acceptors (Lipinski definition) is 4. The second kappa shape index (κ2) is 9.36. The Bertz CT molecular complexity index is 1200. The molecule has 0 saturated carbocycles. The molecule has 0 spiro atoms. The molecule has 0 atom stereocenters. The topological polar surface area (TPSA) is 71.1 Å². The van der Waals surface area contributed by atoms with Crippen LogP contribution in [-0.2, 0) is 11.2 Å². The number of hydrogen-bond donors (Lipinski definition) is 2. The molecule has 0 aliphatic heterocycles. The van der Waals surface area contributed by atoms with Crippen LogP contribution < -0.4 is 10.6 Å². The van der Waals surface area contributed by atoms with Gasteiger partial charge in [0.25, 0.3) is 5.91 Å². The van der Waals surface area contributed by atoms with Crippen LogP contribution in [0.2, 0.25) is 0 Å². The van der Waals surface area contributed by atoms with E-state index in [1.165, 1.54) is 11.3 Å². The molecule has 0 unspecified atom stereocenters.